The summed E-state index contributed by atoms with van der Waals surface area (Å²) in [5, 5.41) is 0. The van der Waals surface area contributed by atoms with Gasteiger partial charge in [-0.1, -0.05) is 23.9 Å². The Morgan fingerprint density at radius 2 is 2.00 bits per heavy atom. The number of hydrogen-bond acceptors (Lipinski definition) is 3. The van der Waals surface area contributed by atoms with Gasteiger partial charge in [0, 0.05) is 10.5 Å². The molecule has 0 spiro atoms. The van der Waals surface area contributed by atoms with Gasteiger partial charge >= 0.3 is 0 Å². The van der Waals surface area contributed by atoms with E-state index in [0.29, 0.717) is 0 Å². The van der Waals surface area contributed by atoms with E-state index in [2.05, 4.69) is 13.2 Å². The van der Waals surface area contributed by atoms with Crippen molar-refractivity contribution in [3.05, 3.63) is 66.3 Å². The van der Waals surface area contributed by atoms with Crippen molar-refractivity contribution in [1.82, 2.24) is 0 Å². The zero-order valence-corrected chi connectivity index (χ0v) is 10.5. The standard InChI is InChI=1S/C12H10O2S.C2H4/c1-14-8-4-7-11-12(13)9-5-2-3-6-10(9)15-11;1-2/h2-8H,1H3;1-2H2/b8-4+,11-7-;. The molecule has 0 N–H and O–H groups in total. The number of methoxy groups -OCH3 is 1. The molecule has 0 radical (unpaired) electrons. The highest BCUT2D eigenvalue weighted by atomic mass is 32.2. The smallest absolute Gasteiger partial charge is 0.200 e. The number of hydrogen-bond donors (Lipinski definition) is 0. The van der Waals surface area contributed by atoms with E-state index in [9.17, 15) is 4.79 Å². The fourth-order valence-electron chi connectivity index (χ4n) is 1.36. The third-order valence-corrected chi connectivity index (χ3v) is 3.15. The molecule has 2 nitrogen and oxygen atoms in total. The van der Waals surface area contributed by atoms with Gasteiger partial charge in [-0.15, -0.1) is 13.2 Å². The lowest BCUT2D eigenvalue weighted by atomic mass is 10.1. The lowest BCUT2D eigenvalue weighted by Gasteiger charge is -1.90. The van der Waals surface area contributed by atoms with Gasteiger partial charge in [-0.25, -0.2) is 0 Å². The van der Waals surface area contributed by atoms with Crippen molar-refractivity contribution in [3.8, 4) is 0 Å². The average Bonchev–Trinajstić information content (AvgIpc) is 2.70. The molecule has 1 aromatic carbocycles. The molecule has 1 aliphatic heterocycles. The zero-order valence-electron chi connectivity index (χ0n) is 9.68. The van der Waals surface area contributed by atoms with E-state index >= 15 is 0 Å². The Morgan fingerprint density at radius 3 is 2.65 bits per heavy atom. The number of fused-ring (bicyclic) bond motifs is 1. The average molecular weight is 246 g/mol. The zero-order chi connectivity index (χ0) is 12.7. The largest absolute Gasteiger partial charge is 0.504 e. The van der Waals surface area contributed by atoms with Gasteiger partial charge in [0.25, 0.3) is 0 Å². The first-order valence-corrected chi connectivity index (χ1v) is 5.86. The normalized spacial score (nSPS) is 15.6. The summed E-state index contributed by atoms with van der Waals surface area (Å²) in [6.45, 7) is 6.00. The van der Waals surface area contributed by atoms with E-state index in [4.69, 9.17) is 4.74 Å². The SMILES string of the molecule is C=C.CO/C=C/C=C1\Sc2ccccc2C1=O. The second kappa shape index (κ2) is 6.76. The molecule has 88 valence electrons. The molecule has 0 amide bonds. The maximum atomic E-state index is 11.8. The summed E-state index contributed by atoms with van der Waals surface area (Å²) >= 11 is 1.50. The van der Waals surface area contributed by atoms with E-state index in [1.165, 1.54) is 11.8 Å². The lowest BCUT2D eigenvalue weighted by molar-refractivity contribution is 0.104. The molecule has 3 heteroatoms. The van der Waals surface area contributed by atoms with Crippen LogP contribution in [0.25, 0.3) is 0 Å². The summed E-state index contributed by atoms with van der Waals surface area (Å²) in [5.74, 6) is 0.0938. The number of allylic oxidation sites excluding steroid dienone is 3. The molecule has 0 fully saturated rings. The van der Waals surface area contributed by atoms with Crippen LogP contribution in [-0.2, 0) is 4.74 Å². The number of carbonyl (C=O) groups is 1. The second-order valence-electron chi connectivity index (χ2n) is 3.02. The van der Waals surface area contributed by atoms with E-state index < -0.39 is 0 Å². The van der Waals surface area contributed by atoms with Gasteiger partial charge in [0.15, 0.2) is 0 Å². The van der Waals surface area contributed by atoms with Crippen LogP contribution in [-0.4, -0.2) is 12.9 Å². The van der Waals surface area contributed by atoms with E-state index in [0.717, 1.165) is 15.4 Å². The third-order valence-electron chi connectivity index (χ3n) is 2.04. The Kier molecular flexibility index (Phi) is 5.30. The van der Waals surface area contributed by atoms with Crippen molar-refractivity contribution in [2.75, 3.05) is 7.11 Å². The third kappa shape index (κ3) is 3.11. The molecule has 0 saturated heterocycles. The molecule has 1 aromatic rings. The van der Waals surface area contributed by atoms with Crippen LogP contribution in [0, 0.1) is 0 Å². The number of benzene rings is 1. The van der Waals surface area contributed by atoms with Crippen LogP contribution >= 0.6 is 11.8 Å². The van der Waals surface area contributed by atoms with Gasteiger partial charge in [-0.2, -0.15) is 0 Å². The second-order valence-corrected chi connectivity index (χ2v) is 4.11. The van der Waals surface area contributed by atoms with Crippen molar-refractivity contribution >= 4 is 17.5 Å². The molecule has 0 saturated carbocycles. The van der Waals surface area contributed by atoms with Crippen LogP contribution in [0.5, 0.6) is 0 Å². The summed E-state index contributed by atoms with van der Waals surface area (Å²) in [5.41, 5.74) is 0.791. The van der Waals surface area contributed by atoms with Crippen LogP contribution in [0.2, 0.25) is 0 Å². The topological polar surface area (TPSA) is 26.3 Å². The van der Waals surface area contributed by atoms with E-state index in [1.807, 2.05) is 24.3 Å². The minimum absolute atomic E-state index is 0.0938. The van der Waals surface area contributed by atoms with E-state index in [-0.39, 0.29) is 5.78 Å². The minimum Gasteiger partial charge on any atom is -0.504 e. The molecule has 0 bridgehead atoms. The van der Waals surface area contributed by atoms with Crippen LogP contribution in [0.3, 0.4) is 0 Å². The molecule has 1 aliphatic rings. The van der Waals surface area contributed by atoms with Crippen molar-refractivity contribution in [2.45, 2.75) is 4.90 Å². The predicted octanol–water partition coefficient (Wildman–Crippen LogP) is 3.82. The van der Waals surface area contributed by atoms with Gasteiger partial charge in [0.05, 0.1) is 18.3 Å². The predicted molar refractivity (Wildman–Crippen MR) is 72.1 cm³/mol. The Morgan fingerprint density at radius 1 is 1.29 bits per heavy atom. The lowest BCUT2D eigenvalue weighted by Crippen LogP contribution is -1.92. The van der Waals surface area contributed by atoms with Crippen molar-refractivity contribution < 1.29 is 9.53 Å². The molecule has 2 rings (SSSR count). The first-order valence-electron chi connectivity index (χ1n) is 5.04. The molecule has 0 unspecified atom stereocenters. The number of thioether (sulfide) groups is 1. The van der Waals surface area contributed by atoms with E-state index in [1.54, 1.807) is 25.5 Å². The van der Waals surface area contributed by atoms with Gasteiger partial charge in [-0.05, 0) is 24.3 Å². The summed E-state index contributed by atoms with van der Waals surface area (Å²) in [4.78, 5) is 13.6. The summed E-state index contributed by atoms with van der Waals surface area (Å²) in [7, 11) is 1.58. The maximum absolute atomic E-state index is 11.8. The molecule has 1 heterocycles. The van der Waals surface area contributed by atoms with Crippen molar-refractivity contribution in [2.24, 2.45) is 0 Å². The van der Waals surface area contributed by atoms with Gasteiger partial charge < -0.3 is 4.74 Å². The molecular weight excluding hydrogens is 232 g/mol. The summed E-state index contributed by atoms with van der Waals surface area (Å²) in [6.07, 6.45) is 5.05. The Bertz CT molecular complexity index is 461. The van der Waals surface area contributed by atoms with Crippen molar-refractivity contribution in [3.63, 3.8) is 0 Å². The number of ketones is 1. The summed E-state index contributed by atoms with van der Waals surface area (Å²) in [6, 6.07) is 7.63. The Balaban J connectivity index is 0.000000686. The first-order chi connectivity index (χ1) is 8.33. The Hall–Kier alpha value is -1.74. The molecule has 0 aliphatic carbocycles. The van der Waals surface area contributed by atoms with Crippen LogP contribution in [0.1, 0.15) is 10.4 Å². The van der Waals surface area contributed by atoms with Crippen LogP contribution in [0.15, 0.2) is 65.6 Å². The monoisotopic (exact) mass is 246 g/mol. The highest BCUT2D eigenvalue weighted by molar-refractivity contribution is 8.04. The molecular formula is C14H14O2S. The fraction of sp³-hybridized carbons (Fsp3) is 0.0714. The molecule has 17 heavy (non-hydrogen) atoms. The molecule has 0 aromatic heterocycles. The van der Waals surface area contributed by atoms with Gasteiger partial charge in [0.1, 0.15) is 0 Å². The fourth-order valence-corrected chi connectivity index (χ4v) is 2.36. The maximum Gasteiger partial charge on any atom is 0.200 e. The van der Waals surface area contributed by atoms with Gasteiger partial charge in [-0.3, -0.25) is 4.79 Å². The minimum atomic E-state index is 0.0938. The van der Waals surface area contributed by atoms with Crippen molar-refractivity contribution in [1.29, 1.82) is 0 Å². The first kappa shape index (κ1) is 13.3. The number of ether oxygens (including phenoxy) is 1. The summed E-state index contributed by atoms with van der Waals surface area (Å²) < 4.78 is 4.77. The number of Topliss-reactive ketones (excluding diaryl/α,β-unsaturated/α-hetero) is 1. The number of carbonyl (C=O) groups excluding carboxylic acids is 1. The Labute approximate surface area is 106 Å². The van der Waals surface area contributed by atoms with Gasteiger partial charge in [0.2, 0.25) is 5.78 Å². The highest BCUT2D eigenvalue weighted by Gasteiger charge is 2.24. The molecule has 0 atom stereocenters. The number of rotatable bonds is 2. The highest BCUT2D eigenvalue weighted by Crippen LogP contribution is 2.39. The van der Waals surface area contributed by atoms with Crippen LogP contribution < -0.4 is 0 Å². The quantitative estimate of drug-likeness (QED) is 0.451. The van der Waals surface area contributed by atoms with Crippen LogP contribution in [0.4, 0.5) is 0 Å².